The van der Waals surface area contributed by atoms with Gasteiger partial charge in [0, 0.05) is 11.6 Å². The summed E-state index contributed by atoms with van der Waals surface area (Å²) in [5, 5.41) is 3.39. The molecule has 30 heavy (non-hydrogen) atoms. The second-order valence-corrected chi connectivity index (χ2v) is 7.29. The standard InChI is InChI=1S/C23H18IN3O3/c1-15-11-12-19(25-13-15)26-22(28)20-21(30-24)17-9-5-6-10-18(17)27(23(20)29)14-16-7-3-2-4-8-16/h2-13H,14H2,1H3,(H,25,26,28). The second kappa shape index (κ2) is 8.66. The van der Waals surface area contributed by atoms with Crippen LogP contribution in [0.2, 0.25) is 0 Å². The first-order valence-corrected chi connectivity index (χ1v) is 10.2. The monoisotopic (exact) mass is 511 g/mol. The van der Waals surface area contributed by atoms with Crippen LogP contribution in [0.3, 0.4) is 0 Å². The molecular formula is C23H18IN3O3. The molecule has 0 radical (unpaired) electrons. The van der Waals surface area contributed by atoms with Gasteiger partial charge < -0.3 is 13.0 Å². The van der Waals surface area contributed by atoms with Gasteiger partial charge in [-0.05, 0) is 36.2 Å². The molecular weight excluding hydrogens is 493 g/mol. The normalized spacial score (nSPS) is 10.7. The van der Waals surface area contributed by atoms with Crippen molar-refractivity contribution < 1.29 is 7.86 Å². The zero-order valence-corrected chi connectivity index (χ0v) is 18.3. The highest BCUT2D eigenvalue weighted by atomic mass is 127. The van der Waals surface area contributed by atoms with Crippen molar-refractivity contribution in [2.45, 2.75) is 13.5 Å². The predicted molar refractivity (Wildman–Crippen MR) is 125 cm³/mol. The number of nitrogens with zero attached hydrogens (tertiary/aromatic N) is 2. The number of anilines is 1. The number of aromatic nitrogens is 2. The minimum atomic E-state index is -0.560. The Balaban J connectivity index is 1.87. The predicted octanol–water partition coefficient (Wildman–Crippen LogP) is 4.73. The lowest BCUT2D eigenvalue weighted by Gasteiger charge is -2.16. The fraction of sp³-hybridized carbons (Fsp3) is 0.0870. The van der Waals surface area contributed by atoms with Crippen LogP contribution in [-0.4, -0.2) is 15.5 Å². The van der Waals surface area contributed by atoms with Crippen molar-refractivity contribution in [1.82, 2.24) is 9.55 Å². The number of hydrogen-bond donors (Lipinski definition) is 1. The number of halogens is 1. The van der Waals surface area contributed by atoms with E-state index in [9.17, 15) is 9.59 Å². The number of benzene rings is 2. The smallest absolute Gasteiger partial charge is 0.268 e. The summed E-state index contributed by atoms with van der Waals surface area (Å²) in [5.74, 6) is 0.0490. The molecule has 0 aliphatic rings. The highest BCUT2D eigenvalue weighted by molar-refractivity contribution is 14.1. The summed E-state index contributed by atoms with van der Waals surface area (Å²) in [7, 11) is 0. The lowest BCUT2D eigenvalue weighted by Crippen LogP contribution is -2.30. The fourth-order valence-electron chi connectivity index (χ4n) is 3.30. The first-order valence-electron chi connectivity index (χ1n) is 9.30. The molecule has 0 aliphatic carbocycles. The molecule has 6 nitrogen and oxygen atoms in total. The molecule has 4 aromatic rings. The number of aryl methyl sites for hydroxylation is 1. The van der Waals surface area contributed by atoms with Gasteiger partial charge in [-0.1, -0.05) is 48.5 Å². The molecule has 2 aromatic heterocycles. The van der Waals surface area contributed by atoms with Crippen LogP contribution in [0.15, 0.2) is 77.7 Å². The molecule has 1 amide bonds. The average molecular weight is 511 g/mol. The largest absolute Gasteiger partial charge is 0.426 e. The molecule has 0 unspecified atom stereocenters. The Bertz CT molecular complexity index is 1270. The number of amides is 1. The molecule has 4 rings (SSSR count). The fourth-order valence-corrected chi connectivity index (χ4v) is 3.76. The molecule has 2 aromatic carbocycles. The number of carbonyl (C=O) groups is 1. The maximum absolute atomic E-state index is 13.5. The molecule has 0 saturated carbocycles. The van der Waals surface area contributed by atoms with Gasteiger partial charge in [-0.2, -0.15) is 0 Å². The van der Waals surface area contributed by atoms with E-state index in [1.807, 2.05) is 67.6 Å². The lowest BCUT2D eigenvalue weighted by atomic mass is 10.1. The zero-order chi connectivity index (χ0) is 21.1. The van der Waals surface area contributed by atoms with Gasteiger partial charge in [-0.3, -0.25) is 9.59 Å². The summed E-state index contributed by atoms with van der Waals surface area (Å²) < 4.78 is 7.10. The Hall–Kier alpha value is -3.20. The Morgan fingerprint density at radius 2 is 1.80 bits per heavy atom. The molecule has 150 valence electrons. The van der Waals surface area contributed by atoms with Gasteiger partial charge in [0.1, 0.15) is 11.4 Å². The number of carbonyl (C=O) groups excluding carboxylic acids is 1. The van der Waals surface area contributed by atoms with Crippen LogP contribution in [0.5, 0.6) is 5.75 Å². The van der Waals surface area contributed by atoms with Crippen LogP contribution in [0.4, 0.5) is 5.82 Å². The molecule has 0 bridgehead atoms. The number of pyridine rings is 2. The van der Waals surface area contributed by atoms with Crippen LogP contribution in [-0.2, 0) is 6.54 Å². The molecule has 0 aliphatic heterocycles. The Labute approximate surface area is 187 Å². The van der Waals surface area contributed by atoms with E-state index in [4.69, 9.17) is 3.07 Å². The van der Waals surface area contributed by atoms with E-state index in [0.29, 0.717) is 23.3 Å². The number of para-hydroxylation sites is 1. The number of nitrogens with one attached hydrogen (secondary N) is 1. The van der Waals surface area contributed by atoms with Crippen molar-refractivity contribution in [3.8, 4) is 5.75 Å². The minimum absolute atomic E-state index is 0.0543. The Morgan fingerprint density at radius 1 is 1.07 bits per heavy atom. The van der Waals surface area contributed by atoms with Gasteiger partial charge in [0.05, 0.1) is 12.1 Å². The first-order chi connectivity index (χ1) is 14.6. The van der Waals surface area contributed by atoms with E-state index < -0.39 is 11.5 Å². The molecule has 7 heteroatoms. The summed E-state index contributed by atoms with van der Waals surface area (Å²) in [5.41, 5.74) is 2.15. The molecule has 0 spiro atoms. The molecule has 1 N–H and O–H groups in total. The summed E-state index contributed by atoms with van der Waals surface area (Å²) in [4.78, 5) is 30.7. The quantitative estimate of drug-likeness (QED) is 0.393. The Morgan fingerprint density at radius 3 is 2.50 bits per heavy atom. The maximum Gasteiger partial charge on any atom is 0.268 e. The summed E-state index contributed by atoms with van der Waals surface area (Å²) in [6.45, 7) is 2.25. The van der Waals surface area contributed by atoms with E-state index in [-0.39, 0.29) is 11.3 Å². The summed E-state index contributed by atoms with van der Waals surface area (Å²) in [6.07, 6.45) is 1.65. The van der Waals surface area contributed by atoms with E-state index in [1.165, 1.54) is 0 Å². The van der Waals surface area contributed by atoms with Crippen molar-refractivity contribution in [3.63, 3.8) is 0 Å². The van der Waals surface area contributed by atoms with Crippen LogP contribution >= 0.6 is 23.0 Å². The second-order valence-electron chi connectivity index (χ2n) is 6.85. The van der Waals surface area contributed by atoms with E-state index in [1.54, 1.807) is 39.8 Å². The van der Waals surface area contributed by atoms with Crippen molar-refractivity contribution in [2.75, 3.05) is 5.32 Å². The molecule has 0 fully saturated rings. The Kier molecular flexibility index (Phi) is 5.80. The van der Waals surface area contributed by atoms with E-state index in [2.05, 4.69) is 10.3 Å². The van der Waals surface area contributed by atoms with Gasteiger partial charge in [0.25, 0.3) is 11.5 Å². The maximum atomic E-state index is 13.5. The van der Waals surface area contributed by atoms with Crippen molar-refractivity contribution in [1.29, 1.82) is 0 Å². The van der Waals surface area contributed by atoms with Gasteiger partial charge in [0.2, 0.25) is 0 Å². The highest BCUT2D eigenvalue weighted by Gasteiger charge is 2.24. The highest BCUT2D eigenvalue weighted by Crippen LogP contribution is 2.30. The third-order valence-electron chi connectivity index (χ3n) is 4.77. The van der Waals surface area contributed by atoms with Gasteiger partial charge in [0.15, 0.2) is 28.8 Å². The molecule has 0 saturated heterocycles. The van der Waals surface area contributed by atoms with Crippen LogP contribution < -0.4 is 13.9 Å². The zero-order valence-electron chi connectivity index (χ0n) is 16.1. The summed E-state index contributed by atoms with van der Waals surface area (Å²) >= 11 is 1.70. The average Bonchev–Trinajstić information content (AvgIpc) is 2.77. The third kappa shape index (κ3) is 3.93. The number of fused-ring (bicyclic) bond motifs is 1. The van der Waals surface area contributed by atoms with Crippen molar-refractivity contribution in [2.24, 2.45) is 0 Å². The van der Waals surface area contributed by atoms with Crippen molar-refractivity contribution >= 4 is 45.6 Å². The number of rotatable bonds is 5. The van der Waals surface area contributed by atoms with Gasteiger partial charge >= 0.3 is 0 Å². The lowest BCUT2D eigenvalue weighted by molar-refractivity contribution is 0.102. The molecule has 0 atom stereocenters. The SMILES string of the molecule is Cc1ccc(NC(=O)c2c(OI)c3ccccc3n(Cc3ccccc3)c2=O)nc1. The van der Waals surface area contributed by atoms with Gasteiger partial charge in [-0.25, -0.2) is 4.98 Å². The number of hydrogen-bond acceptors (Lipinski definition) is 4. The first kappa shape index (κ1) is 20.1. The summed E-state index contributed by atoms with van der Waals surface area (Å²) in [6, 6.07) is 20.6. The van der Waals surface area contributed by atoms with Crippen molar-refractivity contribution in [3.05, 3.63) is 100.0 Å². The van der Waals surface area contributed by atoms with Crippen LogP contribution in [0, 0.1) is 6.92 Å². The van der Waals surface area contributed by atoms with Crippen LogP contribution in [0.25, 0.3) is 10.9 Å². The van der Waals surface area contributed by atoms with Gasteiger partial charge in [-0.15, -0.1) is 0 Å². The van der Waals surface area contributed by atoms with E-state index >= 15 is 0 Å². The topological polar surface area (TPSA) is 73.2 Å². The van der Waals surface area contributed by atoms with Crippen LogP contribution in [0.1, 0.15) is 21.5 Å². The third-order valence-corrected chi connectivity index (χ3v) is 5.21. The van der Waals surface area contributed by atoms with E-state index in [0.717, 1.165) is 11.1 Å². The molecule has 2 heterocycles. The minimum Gasteiger partial charge on any atom is -0.426 e.